The Morgan fingerprint density at radius 3 is 2.26 bits per heavy atom. The SMILES string of the molecule is Cc1cnc([C@@H](CO[Si](C)(C)C(C)(C)C)N[S@+]([O-])C(C)(C)C)s1. The Morgan fingerprint density at radius 2 is 1.87 bits per heavy atom. The van der Waals surface area contributed by atoms with Gasteiger partial charge in [0.25, 0.3) is 0 Å². The van der Waals surface area contributed by atoms with E-state index in [1.165, 1.54) is 0 Å². The van der Waals surface area contributed by atoms with Crippen LogP contribution in [0.5, 0.6) is 0 Å². The molecule has 0 amide bonds. The van der Waals surface area contributed by atoms with E-state index in [1.807, 2.05) is 33.9 Å². The Kier molecular flexibility index (Phi) is 6.92. The fourth-order valence-electron chi connectivity index (χ4n) is 1.50. The number of hydrogen-bond donors (Lipinski definition) is 1. The zero-order valence-corrected chi connectivity index (χ0v) is 18.6. The summed E-state index contributed by atoms with van der Waals surface area (Å²) in [5, 5.41) is 1.10. The third-order valence-electron chi connectivity index (χ3n) is 4.16. The molecule has 0 aromatic carbocycles. The van der Waals surface area contributed by atoms with E-state index >= 15 is 0 Å². The lowest BCUT2D eigenvalue weighted by Gasteiger charge is -2.37. The normalized spacial score (nSPS) is 16.4. The summed E-state index contributed by atoms with van der Waals surface area (Å²) >= 11 is 0.478. The fourth-order valence-corrected chi connectivity index (χ4v) is 4.20. The van der Waals surface area contributed by atoms with Crippen LogP contribution in [0.15, 0.2) is 6.20 Å². The van der Waals surface area contributed by atoms with Gasteiger partial charge in [0.1, 0.15) is 15.8 Å². The molecule has 1 aromatic heterocycles. The highest BCUT2D eigenvalue weighted by molar-refractivity contribution is 7.90. The highest BCUT2D eigenvalue weighted by Crippen LogP contribution is 2.37. The van der Waals surface area contributed by atoms with Crippen LogP contribution in [-0.4, -0.2) is 29.2 Å². The largest absolute Gasteiger partial charge is 0.598 e. The predicted octanol–water partition coefficient (Wildman–Crippen LogP) is 4.57. The lowest BCUT2D eigenvalue weighted by Crippen LogP contribution is -2.46. The van der Waals surface area contributed by atoms with Crippen molar-refractivity contribution in [3.63, 3.8) is 0 Å². The molecule has 0 aliphatic carbocycles. The molecular formula is C16H32N2O2S2Si. The number of nitrogens with zero attached hydrogens (tertiary/aromatic N) is 1. The van der Waals surface area contributed by atoms with Gasteiger partial charge in [-0.15, -0.1) is 16.1 Å². The zero-order chi connectivity index (χ0) is 18.1. The fraction of sp³-hybridized carbons (Fsp3) is 0.812. The second-order valence-corrected chi connectivity index (χ2v) is 16.5. The molecule has 0 fully saturated rings. The number of thiazole rings is 1. The average molecular weight is 377 g/mol. The van der Waals surface area contributed by atoms with E-state index in [1.54, 1.807) is 11.3 Å². The molecule has 0 saturated carbocycles. The number of aromatic nitrogens is 1. The maximum Gasteiger partial charge on any atom is 0.192 e. The van der Waals surface area contributed by atoms with Crippen LogP contribution in [-0.2, 0) is 15.8 Å². The quantitative estimate of drug-likeness (QED) is 0.584. The minimum Gasteiger partial charge on any atom is -0.598 e. The van der Waals surface area contributed by atoms with Gasteiger partial charge in [-0.2, -0.15) is 0 Å². The minimum absolute atomic E-state index is 0.136. The zero-order valence-electron chi connectivity index (χ0n) is 15.9. The summed E-state index contributed by atoms with van der Waals surface area (Å²) in [5.41, 5.74) is 0. The molecule has 0 unspecified atom stereocenters. The topological polar surface area (TPSA) is 57.2 Å². The van der Waals surface area contributed by atoms with Gasteiger partial charge in [-0.25, -0.2) is 4.98 Å². The molecule has 7 heteroatoms. The van der Waals surface area contributed by atoms with Crippen LogP contribution in [0.1, 0.15) is 57.5 Å². The van der Waals surface area contributed by atoms with Crippen LogP contribution >= 0.6 is 11.3 Å². The second-order valence-electron chi connectivity index (χ2n) is 8.43. The van der Waals surface area contributed by atoms with Crippen LogP contribution in [0.4, 0.5) is 0 Å². The first-order valence-electron chi connectivity index (χ1n) is 7.98. The van der Waals surface area contributed by atoms with Crippen molar-refractivity contribution >= 4 is 31.0 Å². The van der Waals surface area contributed by atoms with Gasteiger partial charge in [0, 0.05) is 22.4 Å². The Morgan fingerprint density at radius 1 is 1.30 bits per heavy atom. The molecule has 134 valence electrons. The van der Waals surface area contributed by atoms with Crippen molar-refractivity contribution in [2.75, 3.05) is 6.61 Å². The van der Waals surface area contributed by atoms with Crippen molar-refractivity contribution in [2.45, 2.75) is 77.4 Å². The summed E-state index contributed by atoms with van der Waals surface area (Å²) in [7, 11) is -1.85. The first-order chi connectivity index (χ1) is 10.2. The molecule has 0 aliphatic rings. The van der Waals surface area contributed by atoms with Crippen LogP contribution in [0, 0.1) is 6.92 Å². The Hall–Kier alpha value is 0.0769. The van der Waals surface area contributed by atoms with Crippen LogP contribution in [0.25, 0.3) is 0 Å². The predicted molar refractivity (Wildman–Crippen MR) is 104 cm³/mol. The molecule has 1 heterocycles. The van der Waals surface area contributed by atoms with Gasteiger partial charge < -0.3 is 8.98 Å². The standard InChI is InChI=1S/C16H32N2O2S2Si/c1-12-10-17-14(21-12)13(18-22(19)15(2,3)4)11-20-23(8,9)16(5,6)7/h10,13,18H,11H2,1-9H3/t13-,22-/m1/s1. The molecule has 1 aromatic rings. The summed E-state index contributed by atoms with van der Waals surface area (Å²) in [6.07, 6.45) is 1.86. The van der Waals surface area contributed by atoms with E-state index in [9.17, 15) is 4.55 Å². The van der Waals surface area contributed by atoms with Crippen LogP contribution in [0.2, 0.25) is 18.1 Å². The first-order valence-corrected chi connectivity index (χ1v) is 12.9. The molecular weight excluding hydrogens is 344 g/mol. The highest BCUT2D eigenvalue weighted by atomic mass is 32.2. The monoisotopic (exact) mass is 376 g/mol. The Balaban J connectivity index is 2.89. The lowest BCUT2D eigenvalue weighted by atomic mass is 10.2. The number of hydrogen-bond acceptors (Lipinski definition) is 5. The van der Waals surface area contributed by atoms with Gasteiger partial charge in [-0.3, -0.25) is 0 Å². The highest BCUT2D eigenvalue weighted by Gasteiger charge is 2.39. The van der Waals surface area contributed by atoms with Gasteiger partial charge in [0.2, 0.25) is 0 Å². The smallest absolute Gasteiger partial charge is 0.192 e. The molecule has 23 heavy (non-hydrogen) atoms. The first kappa shape index (κ1) is 21.1. The molecule has 0 aliphatic heterocycles. The van der Waals surface area contributed by atoms with Gasteiger partial charge in [-0.05, 0) is 45.8 Å². The number of nitrogens with one attached hydrogen (secondary N) is 1. The summed E-state index contributed by atoms with van der Waals surface area (Å²) in [5.74, 6) is 0. The van der Waals surface area contributed by atoms with E-state index in [4.69, 9.17) is 4.43 Å². The third kappa shape index (κ3) is 6.14. The summed E-state index contributed by atoms with van der Waals surface area (Å²) in [6.45, 7) is 19.6. The minimum atomic E-state index is -1.85. The van der Waals surface area contributed by atoms with Gasteiger partial charge >= 0.3 is 0 Å². The van der Waals surface area contributed by atoms with Crippen LogP contribution < -0.4 is 4.72 Å². The number of aryl methyl sites for hydroxylation is 1. The van der Waals surface area contributed by atoms with Gasteiger partial charge in [0.15, 0.2) is 8.32 Å². The third-order valence-corrected chi connectivity index (χ3v) is 11.3. The molecule has 1 rings (SSSR count). The van der Waals surface area contributed by atoms with E-state index in [0.717, 1.165) is 9.88 Å². The lowest BCUT2D eigenvalue weighted by molar-refractivity contribution is 0.256. The van der Waals surface area contributed by atoms with E-state index in [0.29, 0.717) is 6.61 Å². The van der Waals surface area contributed by atoms with Crippen molar-refractivity contribution < 1.29 is 8.98 Å². The summed E-state index contributed by atoms with van der Waals surface area (Å²) < 4.78 is 21.8. The van der Waals surface area contributed by atoms with Crippen molar-refractivity contribution in [3.05, 3.63) is 16.1 Å². The molecule has 4 nitrogen and oxygen atoms in total. The molecule has 0 radical (unpaired) electrons. The Bertz CT molecular complexity index is 507. The molecule has 0 bridgehead atoms. The summed E-state index contributed by atoms with van der Waals surface area (Å²) in [6, 6.07) is -0.136. The molecule has 2 atom stereocenters. The van der Waals surface area contributed by atoms with Gasteiger partial charge in [-0.1, -0.05) is 20.8 Å². The molecule has 0 spiro atoms. The van der Waals surface area contributed by atoms with Crippen molar-refractivity contribution in [1.82, 2.24) is 9.71 Å². The van der Waals surface area contributed by atoms with Crippen molar-refractivity contribution in [3.8, 4) is 0 Å². The maximum atomic E-state index is 12.5. The van der Waals surface area contributed by atoms with Crippen molar-refractivity contribution in [1.29, 1.82) is 0 Å². The number of rotatable bonds is 6. The molecule has 0 saturated heterocycles. The maximum absolute atomic E-state index is 12.5. The van der Waals surface area contributed by atoms with E-state index in [2.05, 4.69) is 43.6 Å². The second kappa shape index (κ2) is 7.54. The van der Waals surface area contributed by atoms with Crippen LogP contribution in [0.3, 0.4) is 0 Å². The van der Waals surface area contributed by atoms with E-state index < -0.39 is 19.7 Å². The summed E-state index contributed by atoms with van der Waals surface area (Å²) in [4.78, 5) is 5.62. The van der Waals surface area contributed by atoms with Crippen molar-refractivity contribution in [2.24, 2.45) is 0 Å². The average Bonchev–Trinajstić information content (AvgIpc) is 2.78. The van der Waals surface area contributed by atoms with E-state index in [-0.39, 0.29) is 15.8 Å². The van der Waals surface area contributed by atoms with Gasteiger partial charge in [0.05, 0.1) is 6.61 Å². The molecule has 1 N–H and O–H groups in total. The Labute approximate surface area is 149 Å².